The van der Waals surface area contributed by atoms with Crippen LogP contribution in [0.1, 0.15) is 12.8 Å². The summed E-state index contributed by atoms with van der Waals surface area (Å²) in [6.07, 6.45) is 0.847. The smallest absolute Gasteiger partial charge is 0.306 e. The zero-order valence-electron chi connectivity index (χ0n) is 11.3. The average molecular weight is 345 g/mol. The molecule has 0 aliphatic heterocycles. The Bertz CT molecular complexity index is 618. The third-order valence-electron chi connectivity index (χ3n) is 3.33. The summed E-state index contributed by atoms with van der Waals surface area (Å²) >= 11 is 6.76. The fraction of sp³-hybridized carbons (Fsp3) is 0.385. The van der Waals surface area contributed by atoms with E-state index >= 15 is 0 Å². The second-order valence-corrected chi connectivity index (χ2v) is 6.38. The van der Waals surface area contributed by atoms with Gasteiger partial charge in [-0.15, -0.1) is 11.8 Å². The number of nitro benzene ring substituents is 1. The normalized spacial score (nSPS) is 20.0. The fourth-order valence-corrected chi connectivity index (χ4v) is 3.09. The zero-order valence-corrected chi connectivity index (χ0v) is 12.9. The van der Waals surface area contributed by atoms with Crippen molar-refractivity contribution in [2.24, 2.45) is 5.92 Å². The van der Waals surface area contributed by atoms with E-state index in [4.69, 9.17) is 16.7 Å². The predicted molar refractivity (Wildman–Crippen MR) is 81.1 cm³/mol. The lowest BCUT2D eigenvalue weighted by atomic mass is 9.80. The summed E-state index contributed by atoms with van der Waals surface area (Å²) in [6, 6.07) is 4.14. The molecule has 0 radical (unpaired) electrons. The molecule has 1 amide bonds. The molecule has 9 heteroatoms. The van der Waals surface area contributed by atoms with Gasteiger partial charge in [-0.25, -0.2) is 0 Å². The zero-order chi connectivity index (χ0) is 16.3. The number of carbonyl (C=O) groups is 2. The Balaban J connectivity index is 1.84. The minimum Gasteiger partial charge on any atom is -0.481 e. The molecular formula is C13H13ClN2O5S. The third-order valence-corrected chi connectivity index (χ3v) is 4.63. The van der Waals surface area contributed by atoms with E-state index in [1.54, 1.807) is 0 Å². The van der Waals surface area contributed by atoms with Crippen molar-refractivity contribution in [1.29, 1.82) is 0 Å². The number of carboxylic acids is 1. The second kappa shape index (κ2) is 6.97. The minimum atomic E-state index is -0.850. The summed E-state index contributed by atoms with van der Waals surface area (Å²) in [6.45, 7) is 0. The van der Waals surface area contributed by atoms with Gasteiger partial charge in [0.25, 0.3) is 5.69 Å². The number of hydrogen-bond donors (Lipinski definition) is 2. The summed E-state index contributed by atoms with van der Waals surface area (Å²) in [4.78, 5) is 33.2. The molecule has 1 aliphatic carbocycles. The molecule has 0 bridgehead atoms. The molecule has 7 nitrogen and oxygen atoms in total. The first-order chi connectivity index (χ1) is 10.4. The second-order valence-electron chi connectivity index (χ2n) is 4.93. The molecule has 2 N–H and O–H groups in total. The molecular weight excluding hydrogens is 332 g/mol. The van der Waals surface area contributed by atoms with Gasteiger partial charge in [0.1, 0.15) is 0 Å². The maximum absolute atomic E-state index is 11.8. The van der Waals surface area contributed by atoms with Gasteiger partial charge in [0, 0.05) is 17.1 Å². The molecule has 0 unspecified atom stereocenters. The number of carboxylic acid groups (broad SMARTS) is 1. The van der Waals surface area contributed by atoms with Crippen molar-refractivity contribution in [3.63, 3.8) is 0 Å². The molecule has 1 aromatic carbocycles. The molecule has 22 heavy (non-hydrogen) atoms. The number of hydrogen-bond acceptors (Lipinski definition) is 5. The summed E-state index contributed by atoms with van der Waals surface area (Å²) in [5.41, 5.74) is -0.139. The summed E-state index contributed by atoms with van der Waals surface area (Å²) in [7, 11) is 0. The lowest BCUT2D eigenvalue weighted by molar-refractivity contribution is -0.387. The summed E-state index contributed by atoms with van der Waals surface area (Å²) in [5, 5.41) is 22.7. The van der Waals surface area contributed by atoms with Gasteiger partial charge < -0.3 is 10.4 Å². The van der Waals surface area contributed by atoms with Crippen LogP contribution in [-0.4, -0.2) is 33.7 Å². The number of aliphatic carboxylic acids is 1. The minimum absolute atomic E-state index is 0.0245. The lowest BCUT2D eigenvalue weighted by Crippen LogP contribution is -2.47. The molecule has 0 aromatic heterocycles. The number of nitrogens with zero attached hydrogens (tertiary/aromatic N) is 1. The van der Waals surface area contributed by atoms with Crippen molar-refractivity contribution in [1.82, 2.24) is 5.32 Å². The monoisotopic (exact) mass is 344 g/mol. The lowest BCUT2D eigenvalue weighted by Gasteiger charge is -2.32. The number of halogens is 1. The highest BCUT2D eigenvalue weighted by atomic mass is 35.5. The van der Waals surface area contributed by atoms with Crippen LogP contribution in [0.25, 0.3) is 0 Å². The van der Waals surface area contributed by atoms with Crippen LogP contribution in [0, 0.1) is 16.0 Å². The van der Waals surface area contributed by atoms with E-state index in [0.717, 1.165) is 11.8 Å². The van der Waals surface area contributed by atoms with Crippen LogP contribution in [0.4, 0.5) is 5.69 Å². The van der Waals surface area contributed by atoms with E-state index in [-0.39, 0.29) is 28.4 Å². The van der Waals surface area contributed by atoms with Crippen LogP contribution in [0.5, 0.6) is 0 Å². The van der Waals surface area contributed by atoms with E-state index in [2.05, 4.69) is 5.32 Å². The van der Waals surface area contributed by atoms with Crippen LogP contribution in [0.3, 0.4) is 0 Å². The molecule has 2 rings (SSSR count). The van der Waals surface area contributed by atoms with Gasteiger partial charge in [-0.3, -0.25) is 19.7 Å². The Morgan fingerprint density at radius 2 is 2.14 bits per heavy atom. The van der Waals surface area contributed by atoms with E-state index in [9.17, 15) is 19.7 Å². The Kier molecular flexibility index (Phi) is 5.25. The molecule has 1 aromatic rings. The van der Waals surface area contributed by atoms with E-state index in [1.165, 1.54) is 18.2 Å². The molecule has 118 valence electrons. The molecule has 0 atom stereocenters. The van der Waals surface area contributed by atoms with Gasteiger partial charge in [-0.2, -0.15) is 0 Å². The fourth-order valence-electron chi connectivity index (χ4n) is 2.11. The van der Waals surface area contributed by atoms with Crippen molar-refractivity contribution in [3.8, 4) is 0 Å². The molecule has 0 heterocycles. The average Bonchev–Trinajstić information content (AvgIpc) is 2.40. The Morgan fingerprint density at radius 1 is 1.45 bits per heavy atom. The van der Waals surface area contributed by atoms with Crippen molar-refractivity contribution < 1.29 is 19.6 Å². The van der Waals surface area contributed by atoms with Crippen molar-refractivity contribution >= 4 is 40.9 Å². The summed E-state index contributed by atoms with van der Waals surface area (Å²) in [5.74, 6) is -1.49. The summed E-state index contributed by atoms with van der Waals surface area (Å²) < 4.78 is 0. The van der Waals surface area contributed by atoms with Gasteiger partial charge in [0.15, 0.2) is 0 Å². The van der Waals surface area contributed by atoms with Crippen LogP contribution < -0.4 is 5.32 Å². The Hall–Kier alpha value is -1.80. The quantitative estimate of drug-likeness (QED) is 0.465. The maximum atomic E-state index is 11.8. The topological polar surface area (TPSA) is 110 Å². The number of nitro groups is 1. The highest BCUT2D eigenvalue weighted by Crippen LogP contribution is 2.32. The first-order valence-electron chi connectivity index (χ1n) is 6.45. The van der Waals surface area contributed by atoms with Gasteiger partial charge in [0.05, 0.1) is 21.5 Å². The molecule has 1 aliphatic rings. The van der Waals surface area contributed by atoms with Gasteiger partial charge in [-0.1, -0.05) is 11.6 Å². The number of rotatable bonds is 6. The first-order valence-corrected chi connectivity index (χ1v) is 7.82. The van der Waals surface area contributed by atoms with Crippen LogP contribution in [0.2, 0.25) is 5.02 Å². The predicted octanol–water partition coefficient (Wildman–Crippen LogP) is 2.32. The van der Waals surface area contributed by atoms with E-state index < -0.39 is 16.8 Å². The molecule has 1 fully saturated rings. The number of thioether (sulfide) groups is 1. The highest BCUT2D eigenvalue weighted by Gasteiger charge is 2.35. The number of nitrogens with one attached hydrogen (secondary N) is 1. The SMILES string of the molecule is O=C(CSc1ccc(Cl)cc1[N+](=O)[O-])NC1CC(C(=O)O)C1. The standard InChI is InChI=1S/C13H13ClN2O5S/c14-8-1-2-11(10(5-8)16(20)21)22-6-12(17)15-9-3-7(4-9)13(18)19/h1-2,5,7,9H,3-4,6H2,(H,15,17)(H,18,19). The van der Waals surface area contributed by atoms with Gasteiger partial charge in [0.2, 0.25) is 5.91 Å². The van der Waals surface area contributed by atoms with Crippen LogP contribution >= 0.6 is 23.4 Å². The third kappa shape index (κ3) is 4.11. The number of carbonyl (C=O) groups excluding carboxylic acids is 1. The largest absolute Gasteiger partial charge is 0.481 e. The van der Waals surface area contributed by atoms with Crippen molar-refractivity contribution in [2.75, 3.05) is 5.75 Å². The van der Waals surface area contributed by atoms with Gasteiger partial charge >= 0.3 is 5.97 Å². The Labute approximate surface area is 135 Å². The Morgan fingerprint density at radius 3 is 2.73 bits per heavy atom. The first kappa shape index (κ1) is 16.6. The van der Waals surface area contributed by atoms with E-state index in [1.807, 2.05) is 0 Å². The maximum Gasteiger partial charge on any atom is 0.306 e. The number of amides is 1. The van der Waals surface area contributed by atoms with Gasteiger partial charge in [-0.05, 0) is 25.0 Å². The van der Waals surface area contributed by atoms with E-state index in [0.29, 0.717) is 17.7 Å². The molecule has 1 saturated carbocycles. The number of benzene rings is 1. The van der Waals surface area contributed by atoms with Crippen LogP contribution in [-0.2, 0) is 9.59 Å². The highest BCUT2D eigenvalue weighted by molar-refractivity contribution is 8.00. The molecule has 0 saturated heterocycles. The van der Waals surface area contributed by atoms with Crippen molar-refractivity contribution in [2.45, 2.75) is 23.8 Å². The molecule has 0 spiro atoms. The van der Waals surface area contributed by atoms with Crippen LogP contribution in [0.15, 0.2) is 23.1 Å². The van der Waals surface area contributed by atoms with Crippen molar-refractivity contribution in [3.05, 3.63) is 33.3 Å².